The van der Waals surface area contributed by atoms with Gasteiger partial charge < -0.3 is 0 Å². The van der Waals surface area contributed by atoms with Crippen molar-refractivity contribution in [2.75, 3.05) is 0 Å². The molecular formula is C14H9ClN4O. The first kappa shape index (κ1) is 13.7. The van der Waals surface area contributed by atoms with Gasteiger partial charge in [0.1, 0.15) is 6.07 Å². The van der Waals surface area contributed by atoms with E-state index in [1.807, 2.05) is 6.07 Å². The summed E-state index contributed by atoms with van der Waals surface area (Å²) >= 11 is 5.77. The summed E-state index contributed by atoms with van der Waals surface area (Å²) in [6.07, 6.45) is 3.01. The Morgan fingerprint density at radius 2 is 1.80 bits per heavy atom. The molecule has 0 bridgehead atoms. The van der Waals surface area contributed by atoms with Crippen molar-refractivity contribution in [2.24, 2.45) is 5.10 Å². The largest absolute Gasteiger partial charge is 0.271 e. The number of amides is 1. The molecule has 1 aromatic heterocycles. The molecule has 0 spiro atoms. The first-order valence-corrected chi connectivity index (χ1v) is 6.02. The summed E-state index contributed by atoms with van der Waals surface area (Å²) in [6, 6.07) is 11.6. The fraction of sp³-hybridized carbons (Fsp3) is 0. The van der Waals surface area contributed by atoms with Crippen LogP contribution in [0.3, 0.4) is 0 Å². The minimum Gasteiger partial charge on any atom is -0.267 e. The monoisotopic (exact) mass is 284 g/mol. The molecule has 0 aliphatic rings. The molecule has 1 aromatic carbocycles. The van der Waals surface area contributed by atoms with Gasteiger partial charge in [-0.3, -0.25) is 9.78 Å². The Hall–Kier alpha value is -2.71. The third kappa shape index (κ3) is 3.40. The third-order valence-corrected chi connectivity index (χ3v) is 2.69. The minimum absolute atomic E-state index is 0.101. The lowest BCUT2D eigenvalue weighted by Crippen LogP contribution is -2.19. The van der Waals surface area contributed by atoms with E-state index in [0.29, 0.717) is 16.1 Å². The van der Waals surface area contributed by atoms with Crippen LogP contribution in [-0.2, 0) is 0 Å². The van der Waals surface area contributed by atoms with E-state index in [2.05, 4.69) is 15.5 Å². The molecule has 2 rings (SSSR count). The van der Waals surface area contributed by atoms with E-state index in [1.54, 1.807) is 36.4 Å². The van der Waals surface area contributed by atoms with Gasteiger partial charge in [-0.1, -0.05) is 23.7 Å². The summed E-state index contributed by atoms with van der Waals surface area (Å²) in [6.45, 7) is 0. The van der Waals surface area contributed by atoms with Gasteiger partial charge in [0.25, 0.3) is 5.91 Å². The van der Waals surface area contributed by atoms with E-state index in [0.717, 1.165) is 0 Å². The minimum atomic E-state index is -0.408. The number of aromatic nitrogens is 1. The Morgan fingerprint density at radius 3 is 2.40 bits per heavy atom. The van der Waals surface area contributed by atoms with Gasteiger partial charge in [0.05, 0.1) is 0 Å². The summed E-state index contributed by atoms with van der Waals surface area (Å²) in [5.41, 5.74) is 3.42. The molecule has 0 fully saturated rings. The topological polar surface area (TPSA) is 78.1 Å². The van der Waals surface area contributed by atoms with Crippen LogP contribution < -0.4 is 5.43 Å². The quantitative estimate of drug-likeness (QED) is 0.694. The highest BCUT2D eigenvalue weighted by molar-refractivity contribution is 6.30. The Labute approximate surface area is 120 Å². The number of nitrogens with one attached hydrogen (secondary N) is 1. The lowest BCUT2D eigenvalue weighted by molar-refractivity contribution is 0.0955. The fourth-order valence-electron chi connectivity index (χ4n) is 1.44. The second-order valence-corrected chi connectivity index (χ2v) is 4.19. The van der Waals surface area contributed by atoms with Crippen LogP contribution in [0.15, 0.2) is 53.9 Å². The van der Waals surface area contributed by atoms with Gasteiger partial charge in [0.15, 0.2) is 5.71 Å². The molecule has 1 amide bonds. The lowest BCUT2D eigenvalue weighted by Gasteiger charge is -2.01. The smallest absolute Gasteiger partial charge is 0.267 e. The van der Waals surface area contributed by atoms with Crippen LogP contribution in [0.2, 0.25) is 5.02 Å². The van der Waals surface area contributed by atoms with Crippen molar-refractivity contribution >= 4 is 23.2 Å². The molecule has 20 heavy (non-hydrogen) atoms. The SMILES string of the molecule is N#C/C(=N\NC(=O)c1ccncc1)c1ccc(Cl)cc1. The van der Waals surface area contributed by atoms with E-state index in [9.17, 15) is 4.79 Å². The van der Waals surface area contributed by atoms with Crippen molar-refractivity contribution in [1.82, 2.24) is 10.4 Å². The first-order valence-electron chi connectivity index (χ1n) is 5.65. The van der Waals surface area contributed by atoms with Crippen LogP contribution in [0.5, 0.6) is 0 Å². The second-order valence-electron chi connectivity index (χ2n) is 3.76. The number of hydrogen-bond acceptors (Lipinski definition) is 4. The van der Waals surface area contributed by atoms with Gasteiger partial charge in [-0.15, -0.1) is 0 Å². The molecular weight excluding hydrogens is 276 g/mol. The molecule has 0 aliphatic heterocycles. The number of rotatable bonds is 3. The Kier molecular flexibility index (Phi) is 4.43. The molecule has 0 unspecified atom stereocenters. The van der Waals surface area contributed by atoms with Crippen LogP contribution in [0, 0.1) is 11.3 Å². The number of carbonyl (C=O) groups excluding carboxylic acids is 1. The maximum absolute atomic E-state index is 11.8. The highest BCUT2D eigenvalue weighted by Crippen LogP contribution is 2.10. The predicted molar refractivity (Wildman–Crippen MR) is 75.3 cm³/mol. The molecule has 1 N–H and O–H groups in total. The Morgan fingerprint density at radius 1 is 1.15 bits per heavy atom. The molecule has 0 saturated heterocycles. The van der Waals surface area contributed by atoms with Crippen molar-refractivity contribution in [1.29, 1.82) is 5.26 Å². The highest BCUT2D eigenvalue weighted by Gasteiger charge is 2.06. The van der Waals surface area contributed by atoms with Gasteiger partial charge in [-0.25, -0.2) is 5.43 Å². The molecule has 0 radical (unpaired) electrons. The predicted octanol–water partition coefficient (Wildman–Crippen LogP) is 2.39. The van der Waals surface area contributed by atoms with Crippen LogP contribution in [0.1, 0.15) is 15.9 Å². The number of carbonyl (C=O) groups is 1. The highest BCUT2D eigenvalue weighted by atomic mass is 35.5. The number of halogens is 1. The van der Waals surface area contributed by atoms with Crippen LogP contribution in [0.4, 0.5) is 0 Å². The molecule has 6 heteroatoms. The first-order chi connectivity index (χ1) is 9.70. The number of hydrogen-bond donors (Lipinski definition) is 1. The van der Waals surface area contributed by atoms with E-state index in [4.69, 9.17) is 16.9 Å². The molecule has 0 saturated carbocycles. The van der Waals surface area contributed by atoms with Gasteiger partial charge in [-0.2, -0.15) is 10.4 Å². The van der Waals surface area contributed by atoms with Crippen molar-refractivity contribution < 1.29 is 4.79 Å². The van der Waals surface area contributed by atoms with Gasteiger partial charge >= 0.3 is 0 Å². The van der Waals surface area contributed by atoms with Crippen LogP contribution >= 0.6 is 11.6 Å². The Bertz CT molecular complexity index is 675. The molecule has 5 nitrogen and oxygen atoms in total. The van der Waals surface area contributed by atoms with E-state index < -0.39 is 5.91 Å². The molecule has 0 aliphatic carbocycles. The normalized spacial score (nSPS) is 10.7. The van der Waals surface area contributed by atoms with Gasteiger partial charge in [0, 0.05) is 28.5 Å². The van der Waals surface area contributed by atoms with Crippen molar-refractivity contribution in [3.05, 3.63) is 64.9 Å². The van der Waals surface area contributed by atoms with E-state index in [-0.39, 0.29) is 5.71 Å². The van der Waals surface area contributed by atoms with Crippen LogP contribution in [0.25, 0.3) is 0 Å². The Balaban J connectivity index is 2.15. The average molecular weight is 285 g/mol. The zero-order valence-electron chi connectivity index (χ0n) is 10.2. The van der Waals surface area contributed by atoms with Crippen molar-refractivity contribution in [2.45, 2.75) is 0 Å². The van der Waals surface area contributed by atoms with E-state index in [1.165, 1.54) is 12.4 Å². The summed E-state index contributed by atoms with van der Waals surface area (Å²) < 4.78 is 0. The van der Waals surface area contributed by atoms with Gasteiger partial charge in [-0.05, 0) is 24.3 Å². The molecule has 98 valence electrons. The number of hydrazone groups is 1. The standard InChI is InChI=1S/C14H9ClN4O/c15-12-3-1-10(2-4-12)13(9-16)18-19-14(20)11-5-7-17-8-6-11/h1-8H,(H,19,20)/b18-13+. The summed E-state index contributed by atoms with van der Waals surface area (Å²) in [4.78, 5) is 15.6. The molecule has 2 aromatic rings. The number of nitrogens with zero attached hydrogens (tertiary/aromatic N) is 3. The van der Waals surface area contributed by atoms with Crippen molar-refractivity contribution in [3.8, 4) is 6.07 Å². The second kappa shape index (κ2) is 6.45. The molecule has 1 heterocycles. The fourth-order valence-corrected chi connectivity index (χ4v) is 1.56. The third-order valence-electron chi connectivity index (χ3n) is 2.44. The maximum atomic E-state index is 11.8. The zero-order chi connectivity index (χ0) is 14.4. The van der Waals surface area contributed by atoms with Crippen LogP contribution in [-0.4, -0.2) is 16.6 Å². The van der Waals surface area contributed by atoms with Crippen molar-refractivity contribution in [3.63, 3.8) is 0 Å². The zero-order valence-corrected chi connectivity index (χ0v) is 11.0. The summed E-state index contributed by atoms with van der Waals surface area (Å²) in [5, 5.41) is 13.4. The number of benzene rings is 1. The van der Waals surface area contributed by atoms with Gasteiger partial charge in [0.2, 0.25) is 0 Å². The number of nitriles is 1. The van der Waals surface area contributed by atoms with E-state index >= 15 is 0 Å². The average Bonchev–Trinajstić information content (AvgIpc) is 2.50. The maximum Gasteiger partial charge on any atom is 0.271 e. The summed E-state index contributed by atoms with van der Waals surface area (Å²) in [5.74, 6) is -0.408. The lowest BCUT2D eigenvalue weighted by atomic mass is 10.1. The summed E-state index contributed by atoms with van der Waals surface area (Å²) in [7, 11) is 0. The number of pyridine rings is 1. The molecule has 0 atom stereocenters.